The van der Waals surface area contributed by atoms with Crippen molar-refractivity contribution < 1.29 is 4.74 Å². The molecule has 1 aliphatic heterocycles. The molecule has 0 saturated carbocycles. The summed E-state index contributed by atoms with van der Waals surface area (Å²) in [5.41, 5.74) is 2.74. The van der Waals surface area contributed by atoms with Gasteiger partial charge in [0.25, 0.3) is 0 Å². The van der Waals surface area contributed by atoms with Gasteiger partial charge < -0.3 is 10.1 Å². The molecule has 0 unspecified atom stereocenters. The molecule has 1 N–H and O–H groups in total. The summed E-state index contributed by atoms with van der Waals surface area (Å²) in [6, 6.07) is 13.6. The number of nitrogens with zero attached hydrogens (tertiary/aromatic N) is 2. The van der Waals surface area contributed by atoms with E-state index in [0.717, 1.165) is 48.1 Å². The van der Waals surface area contributed by atoms with E-state index in [0.29, 0.717) is 10.9 Å². The Bertz CT molecular complexity index is 845. The highest BCUT2D eigenvalue weighted by molar-refractivity contribution is 6.30. The number of rotatable bonds is 3. The second-order valence-electron chi connectivity index (χ2n) is 5.96. The van der Waals surface area contributed by atoms with Crippen LogP contribution in [-0.2, 0) is 0 Å². The first-order valence-electron chi connectivity index (χ1n) is 8.19. The molecule has 1 saturated heterocycles. The van der Waals surface area contributed by atoms with Crippen LogP contribution in [0.3, 0.4) is 0 Å². The van der Waals surface area contributed by atoms with Crippen LogP contribution in [-0.4, -0.2) is 29.2 Å². The fourth-order valence-electron chi connectivity index (χ4n) is 2.97. The average Bonchev–Trinajstić information content (AvgIpc) is 2.63. The number of piperidine rings is 1. The van der Waals surface area contributed by atoms with Crippen molar-refractivity contribution in [3.05, 3.63) is 53.7 Å². The standard InChI is InChI=1S/C19H18ClN3O/c20-14-5-3-13(4-6-14)17-12-18-16(2-1-9-22-18)19(23-17)24-15-7-10-21-11-8-15/h1-6,9,12,15,21H,7-8,10-11H2. The van der Waals surface area contributed by atoms with Crippen LogP contribution >= 0.6 is 11.6 Å². The molecule has 4 rings (SSSR count). The molecule has 0 atom stereocenters. The molecule has 24 heavy (non-hydrogen) atoms. The minimum Gasteiger partial charge on any atom is -0.474 e. The topological polar surface area (TPSA) is 47.0 Å². The van der Waals surface area contributed by atoms with Crippen molar-refractivity contribution in [3.63, 3.8) is 0 Å². The lowest BCUT2D eigenvalue weighted by atomic mass is 10.1. The Morgan fingerprint density at radius 3 is 2.67 bits per heavy atom. The Kier molecular flexibility index (Phi) is 4.32. The zero-order chi connectivity index (χ0) is 16.4. The van der Waals surface area contributed by atoms with Crippen molar-refractivity contribution in [1.82, 2.24) is 15.3 Å². The van der Waals surface area contributed by atoms with E-state index >= 15 is 0 Å². The summed E-state index contributed by atoms with van der Waals surface area (Å²) < 4.78 is 6.24. The second-order valence-corrected chi connectivity index (χ2v) is 6.39. The van der Waals surface area contributed by atoms with Gasteiger partial charge in [-0.3, -0.25) is 4.98 Å². The number of ether oxygens (including phenoxy) is 1. The quantitative estimate of drug-likeness (QED) is 0.781. The predicted octanol–water partition coefficient (Wildman–Crippen LogP) is 4.08. The Hall–Kier alpha value is -2.17. The molecular weight excluding hydrogens is 322 g/mol. The number of aromatic nitrogens is 2. The molecular formula is C19H18ClN3O. The second kappa shape index (κ2) is 6.75. The number of nitrogens with one attached hydrogen (secondary N) is 1. The maximum Gasteiger partial charge on any atom is 0.223 e. The zero-order valence-corrected chi connectivity index (χ0v) is 14.0. The fourth-order valence-corrected chi connectivity index (χ4v) is 3.10. The molecule has 4 nitrogen and oxygen atoms in total. The number of hydrogen-bond donors (Lipinski definition) is 1. The lowest BCUT2D eigenvalue weighted by molar-refractivity contribution is 0.158. The van der Waals surface area contributed by atoms with Gasteiger partial charge in [0.15, 0.2) is 0 Å². The van der Waals surface area contributed by atoms with E-state index in [2.05, 4.69) is 10.3 Å². The van der Waals surface area contributed by atoms with E-state index in [1.807, 2.05) is 42.5 Å². The summed E-state index contributed by atoms with van der Waals surface area (Å²) in [5.74, 6) is 0.664. The van der Waals surface area contributed by atoms with Crippen LogP contribution in [0.4, 0.5) is 0 Å². The maximum atomic E-state index is 6.24. The van der Waals surface area contributed by atoms with E-state index in [1.54, 1.807) is 6.20 Å². The van der Waals surface area contributed by atoms with E-state index < -0.39 is 0 Å². The van der Waals surface area contributed by atoms with Gasteiger partial charge in [0.2, 0.25) is 5.88 Å². The SMILES string of the molecule is Clc1ccc(-c2cc3ncccc3c(OC3CCNCC3)n2)cc1. The molecule has 122 valence electrons. The Labute approximate surface area is 145 Å². The van der Waals surface area contributed by atoms with E-state index in [4.69, 9.17) is 21.3 Å². The summed E-state index contributed by atoms with van der Waals surface area (Å²) >= 11 is 5.99. The van der Waals surface area contributed by atoms with Crippen molar-refractivity contribution in [3.8, 4) is 17.1 Å². The molecule has 1 fully saturated rings. The first kappa shape index (κ1) is 15.4. The third kappa shape index (κ3) is 3.21. The van der Waals surface area contributed by atoms with Crippen LogP contribution in [0.2, 0.25) is 5.02 Å². The molecule has 1 aliphatic rings. The monoisotopic (exact) mass is 339 g/mol. The normalized spacial score (nSPS) is 15.5. The summed E-state index contributed by atoms with van der Waals surface area (Å²) in [7, 11) is 0. The lowest BCUT2D eigenvalue weighted by Gasteiger charge is -2.24. The molecule has 0 radical (unpaired) electrons. The molecule has 0 aliphatic carbocycles. The van der Waals surface area contributed by atoms with Crippen LogP contribution < -0.4 is 10.1 Å². The number of fused-ring (bicyclic) bond motifs is 1. The van der Waals surface area contributed by atoms with Crippen LogP contribution in [0.1, 0.15) is 12.8 Å². The number of benzene rings is 1. The molecule has 0 spiro atoms. The third-order valence-electron chi connectivity index (χ3n) is 4.27. The molecule has 2 aromatic heterocycles. The Balaban J connectivity index is 1.76. The molecule has 0 bridgehead atoms. The molecule has 5 heteroatoms. The van der Waals surface area contributed by atoms with Gasteiger partial charge in [-0.15, -0.1) is 0 Å². The van der Waals surface area contributed by atoms with Crippen molar-refractivity contribution in [2.24, 2.45) is 0 Å². The van der Waals surface area contributed by atoms with Crippen molar-refractivity contribution in [2.45, 2.75) is 18.9 Å². The number of pyridine rings is 2. The van der Waals surface area contributed by atoms with Crippen molar-refractivity contribution in [2.75, 3.05) is 13.1 Å². The van der Waals surface area contributed by atoms with Crippen LogP contribution in [0.25, 0.3) is 22.2 Å². The Morgan fingerprint density at radius 1 is 1.08 bits per heavy atom. The van der Waals surface area contributed by atoms with Crippen molar-refractivity contribution in [1.29, 1.82) is 0 Å². The minimum absolute atomic E-state index is 0.197. The minimum atomic E-state index is 0.197. The smallest absolute Gasteiger partial charge is 0.223 e. The summed E-state index contributed by atoms with van der Waals surface area (Å²) in [4.78, 5) is 9.25. The maximum absolute atomic E-state index is 6.24. The number of halogens is 1. The van der Waals surface area contributed by atoms with E-state index in [9.17, 15) is 0 Å². The molecule has 1 aromatic carbocycles. The zero-order valence-electron chi connectivity index (χ0n) is 13.2. The van der Waals surface area contributed by atoms with Gasteiger partial charge in [0.1, 0.15) is 6.10 Å². The molecule has 0 amide bonds. The third-order valence-corrected chi connectivity index (χ3v) is 4.52. The van der Waals surface area contributed by atoms with E-state index in [-0.39, 0.29) is 6.10 Å². The first-order valence-corrected chi connectivity index (χ1v) is 8.56. The summed E-state index contributed by atoms with van der Waals surface area (Å²) in [6.07, 6.45) is 3.98. The highest BCUT2D eigenvalue weighted by atomic mass is 35.5. The highest BCUT2D eigenvalue weighted by Gasteiger charge is 2.18. The van der Waals surface area contributed by atoms with Crippen LogP contribution in [0.5, 0.6) is 5.88 Å². The first-order chi connectivity index (χ1) is 11.8. The van der Waals surface area contributed by atoms with Gasteiger partial charge in [0.05, 0.1) is 16.6 Å². The van der Waals surface area contributed by atoms with Gasteiger partial charge in [-0.05, 0) is 56.3 Å². The largest absolute Gasteiger partial charge is 0.474 e. The lowest BCUT2D eigenvalue weighted by Crippen LogP contribution is -2.34. The van der Waals surface area contributed by atoms with Gasteiger partial charge in [-0.2, -0.15) is 0 Å². The molecule has 3 aromatic rings. The van der Waals surface area contributed by atoms with Gasteiger partial charge in [0, 0.05) is 16.8 Å². The summed E-state index contributed by atoms with van der Waals surface area (Å²) in [6.45, 7) is 1.97. The van der Waals surface area contributed by atoms with E-state index in [1.165, 1.54) is 0 Å². The van der Waals surface area contributed by atoms with Gasteiger partial charge in [-0.25, -0.2) is 4.98 Å². The van der Waals surface area contributed by atoms with Crippen molar-refractivity contribution >= 4 is 22.5 Å². The predicted molar refractivity (Wildman–Crippen MR) is 96.5 cm³/mol. The average molecular weight is 340 g/mol. The Morgan fingerprint density at radius 2 is 1.88 bits per heavy atom. The van der Waals surface area contributed by atoms with Crippen LogP contribution in [0.15, 0.2) is 48.7 Å². The fraction of sp³-hybridized carbons (Fsp3) is 0.263. The molecule has 3 heterocycles. The highest BCUT2D eigenvalue weighted by Crippen LogP contribution is 2.30. The van der Waals surface area contributed by atoms with Gasteiger partial charge in [-0.1, -0.05) is 23.7 Å². The summed E-state index contributed by atoms with van der Waals surface area (Å²) in [5, 5.41) is 5.02. The van der Waals surface area contributed by atoms with Gasteiger partial charge >= 0.3 is 0 Å². The van der Waals surface area contributed by atoms with Crippen LogP contribution in [0, 0.1) is 0 Å². The number of hydrogen-bond acceptors (Lipinski definition) is 4.